The molecule has 5 rings (SSSR count). The highest BCUT2D eigenvalue weighted by atomic mass is 32.2. The van der Waals surface area contributed by atoms with Crippen molar-refractivity contribution in [3.63, 3.8) is 0 Å². The summed E-state index contributed by atoms with van der Waals surface area (Å²) in [5.41, 5.74) is 1.04. The number of benzene rings is 3. The Balaban J connectivity index is 1.45. The molecular formula is C30H34O5SSi. The zero-order valence-electron chi connectivity index (χ0n) is 21.8. The molecule has 7 heteroatoms. The van der Waals surface area contributed by atoms with E-state index in [0.717, 1.165) is 4.90 Å². The summed E-state index contributed by atoms with van der Waals surface area (Å²) in [4.78, 5) is 13.2. The van der Waals surface area contributed by atoms with Gasteiger partial charge in [-0.3, -0.25) is 0 Å². The molecule has 0 aromatic heterocycles. The topological polar surface area (TPSA) is 54.0 Å². The van der Waals surface area contributed by atoms with Gasteiger partial charge in [0.05, 0.1) is 6.61 Å². The molecule has 194 valence electrons. The lowest BCUT2D eigenvalue weighted by molar-refractivity contribution is -0.111. The second kappa shape index (κ2) is 10.7. The number of hydrogen-bond donors (Lipinski definition) is 0. The maximum Gasteiger partial charge on any atom is 0.509 e. The minimum atomic E-state index is -2.76. The number of hydrogen-bond acceptors (Lipinski definition) is 6. The summed E-state index contributed by atoms with van der Waals surface area (Å²) < 4.78 is 24.8. The van der Waals surface area contributed by atoms with Crippen LogP contribution < -0.4 is 10.4 Å². The summed E-state index contributed by atoms with van der Waals surface area (Å²) in [5.74, 6) is 0. The molecule has 2 aliphatic heterocycles. The van der Waals surface area contributed by atoms with Gasteiger partial charge in [0.2, 0.25) is 0 Å². The van der Waals surface area contributed by atoms with Crippen molar-refractivity contribution >= 4 is 36.6 Å². The lowest BCUT2D eigenvalue weighted by Crippen LogP contribution is -2.67. The Morgan fingerprint density at radius 3 is 2.05 bits per heavy atom. The minimum Gasteiger partial charge on any atom is -0.427 e. The fraction of sp³-hybridized carbons (Fsp3) is 0.367. The lowest BCUT2D eigenvalue weighted by Gasteiger charge is -2.44. The Kier molecular flexibility index (Phi) is 7.50. The number of carbonyl (C=O) groups excluding carboxylic acids is 1. The third kappa shape index (κ3) is 5.36. The predicted octanol–water partition coefficient (Wildman–Crippen LogP) is 5.68. The van der Waals surface area contributed by atoms with Gasteiger partial charge >= 0.3 is 6.16 Å². The zero-order chi connectivity index (χ0) is 26.0. The highest BCUT2D eigenvalue weighted by molar-refractivity contribution is 7.99. The van der Waals surface area contributed by atoms with Crippen molar-refractivity contribution in [1.82, 2.24) is 0 Å². The van der Waals surface area contributed by atoms with Crippen molar-refractivity contribution in [2.24, 2.45) is 0 Å². The summed E-state index contributed by atoms with van der Waals surface area (Å²) in [5, 5.41) is 2.24. The summed E-state index contributed by atoms with van der Waals surface area (Å²) in [6, 6.07) is 29.4. The molecule has 0 saturated carbocycles. The van der Waals surface area contributed by atoms with Crippen LogP contribution in [0.25, 0.3) is 0 Å². The number of rotatable bonds is 7. The van der Waals surface area contributed by atoms with Crippen molar-refractivity contribution in [1.29, 1.82) is 0 Å². The van der Waals surface area contributed by atoms with Gasteiger partial charge < -0.3 is 18.6 Å². The summed E-state index contributed by atoms with van der Waals surface area (Å²) in [6.07, 6.45) is -1.33. The number of carbonyl (C=O) groups is 1. The van der Waals surface area contributed by atoms with E-state index >= 15 is 0 Å². The monoisotopic (exact) mass is 534 g/mol. The average Bonchev–Trinajstić information content (AvgIpc) is 3.26. The van der Waals surface area contributed by atoms with Crippen molar-refractivity contribution in [2.45, 2.75) is 67.8 Å². The zero-order valence-corrected chi connectivity index (χ0v) is 23.6. The normalized spacial score (nSPS) is 23.7. The molecule has 2 fully saturated rings. The second-order valence-corrected chi connectivity index (χ2v) is 16.3. The Hall–Kier alpha value is -2.58. The molecule has 4 atom stereocenters. The SMILES string of the molecule is Cc1ccc(S[C@@H]2C[C@H]3OC(=O)O[C@H]3[C@@H](CO[Si](c3ccccc3)(c3ccccc3)C(C)(C)C)O2)cc1. The van der Waals surface area contributed by atoms with E-state index in [0.29, 0.717) is 13.0 Å². The molecule has 0 bridgehead atoms. The van der Waals surface area contributed by atoms with Gasteiger partial charge in [0.25, 0.3) is 8.32 Å². The predicted molar refractivity (Wildman–Crippen MR) is 149 cm³/mol. The van der Waals surface area contributed by atoms with Crippen molar-refractivity contribution < 1.29 is 23.4 Å². The molecule has 0 unspecified atom stereocenters. The first-order chi connectivity index (χ1) is 17.8. The Labute approximate surface area is 224 Å². The van der Waals surface area contributed by atoms with Crippen molar-refractivity contribution in [3.05, 3.63) is 90.5 Å². The van der Waals surface area contributed by atoms with E-state index in [1.54, 1.807) is 11.8 Å². The van der Waals surface area contributed by atoms with E-state index in [-0.39, 0.29) is 16.6 Å². The highest BCUT2D eigenvalue weighted by Gasteiger charge is 2.53. The van der Waals surface area contributed by atoms with Gasteiger partial charge in [-0.05, 0) is 34.5 Å². The molecule has 5 nitrogen and oxygen atoms in total. The van der Waals surface area contributed by atoms with Crippen LogP contribution >= 0.6 is 11.8 Å². The van der Waals surface area contributed by atoms with E-state index in [4.69, 9.17) is 18.6 Å². The van der Waals surface area contributed by atoms with Crippen LogP contribution in [-0.2, 0) is 18.6 Å². The molecular weight excluding hydrogens is 500 g/mol. The molecule has 3 aromatic rings. The standard InChI is InChI=1S/C30H34O5SSi/c1-21-15-17-22(18-16-21)36-27-19-25-28(35-29(31)34-25)26(33-27)20-32-37(30(2,3)4,23-11-7-5-8-12-23)24-13-9-6-10-14-24/h5-18,25-28H,19-20H2,1-4H3/t25-,26-,27-,28-/m1/s1. The van der Waals surface area contributed by atoms with Gasteiger partial charge in [0, 0.05) is 11.3 Å². The van der Waals surface area contributed by atoms with Gasteiger partial charge in [-0.25, -0.2) is 4.79 Å². The van der Waals surface area contributed by atoms with Crippen LogP contribution in [0.3, 0.4) is 0 Å². The summed E-state index contributed by atoms with van der Waals surface area (Å²) in [6.45, 7) is 9.12. The van der Waals surface area contributed by atoms with Gasteiger partial charge in [-0.2, -0.15) is 0 Å². The number of ether oxygens (including phenoxy) is 3. The smallest absolute Gasteiger partial charge is 0.427 e. The summed E-state index contributed by atoms with van der Waals surface area (Å²) in [7, 11) is -2.76. The Bertz CT molecular complexity index is 1160. The molecule has 3 aromatic carbocycles. The number of thioether (sulfide) groups is 1. The fourth-order valence-corrected chi connectivity index (χ4v) is 11.0. The van der Waals surface area contributed by atoms with E-state index < -0.39 is 26.7 Å². The maximum atomic E-state index is 12.1. The van der Waals surface area contributed by atoms with Crippen LogP contribution in [0, 0.1) is 6.92 Å². The van der Waals surface area contributed by atoms with E-state index in [2.05, 4.69) is 100 Å². The van der Waals surface area contributed by atoms with Crippen LogP contribution in [0.4, 0.5) is 4.79 Å². The molecule has 0 radical (unpaired) electrons. The Morgan fingerprint density at radius 1 is 0.892 bits per heavy atom. The van der Waals surface area contributed by atoms with Gasteiger partial charge in [0.15, 0.2) is 6.10 Å². The maximum absolute atomic E-state index is 12.1. The van der Waals surface area contributed by atoms with Crippen LogP contribution in [0.15, 0.2) is 89.8 Å². The van der Waals surface area contributed by atoms with E-state index in [9.17, 15) is 4.79 Å². The molecule has 2 aliphatic rings. The van der Waals surface area contributed by atoms with Crippen LogP contribution in [0.5, 0.6) is 0 Å². The van der Waals surface area contributed by atoms with Gasteiger partial charge in [-0.1, -0.05) is 111 Å². The largest absolute Gasteiger partial charge is 0.509 e. The summed E-state index contributed by atoms with van der Waals surface area (Å²) >= 11 is 1.65. The first kappa shape index (κ1) is 26.0. The number of fused-ring (bicyclic) bond motifs is 1. The molecule has 2 heterocycles. The molecule has 0 N–H and O–H groups in total. The van der Waals surface area contributed by atoms with Crippen LogP contribution in [0.2, 0.25) is 5.04 Å². The van der Waals surface area contributed by atoms with E-state index in [1.165, 1.54) is 15.9 Å². The van der Waals surface area contributed by atoms with Crippen LogP contribution in [-0.4, -0.2) is 44.8 Å². The molecule has 0 aliphatic carbocycles. The van der Waals surface area contributed by atoms with Crippen LogP contribution in [0.1, 0.15) is 32.8 Å². The fourth-order valence-electron chi connectivity index (χ4n) is 5.37. The van der Waals surface area contributed by atoms with Crippen molar-refractivity contribution in [3.8, 4) is 0 Å². The minimum absolute atomic E-state index is 0.164. The molecule has 37 heavy (non-hydrogen) atoms. The third-order valence-electron chi connectivity index (χ3n) is 7.13. The first-order valence-electron chi connectivity index (χ1n) is 12.8. The van der Waals surface area contributed by atoms with E-state index in [1.807, 2.05) is 12.1 Å². The van der Waals surface area contributed by atoms with Gasteiger partial charge in [-0.15, -0.1) is 0 Å². The quantitative estimate of drug-likeness (QED) is 0.287. The highest BCUT2D eigenvalue weighted by Crippen LogP contribution is 2.40. The lowest BCUT2D eigenvalue weighted by atomic mass is 10.0. The second-order valence-electron chi connectivity index (χ2n) is 10.7. The molecule has 0 amide bonds. The van der Waals surface area contributed by atoms with Crippen molar-refractivity contribution in [2.75, 3.05) is 6.61 Å². The molecule has 2 saturated heterocycles. The van der Waals surface area contributed by atoms with Gasteiger partial charge in [0.1, 0.15) is 17.6 Å². The Morgan fingerprint density at radius 2 is 1.49 bits per heavy atom. The third-order valence-corrected chi connectivity index (χ3v) is 13.2. The molecule has 0 spiro atoms. The number of aryl methyl sites for hydroxylation is 1. The average molecular weight is 535 g/mol. The first-order valence-corrected chi connectivity index (χ1v) is 15.6.